The number of esters is 1. The molecule has 0 N–H and O–H groups in total. The molecule has 192 valence electrons. The summed E-state index contributed by atoms with van der Waals surface area (Å²) in [5, 5.41) is 0. The molecule has 1 aliphatic carbocycles. The molecule has 2 aliphatic rings. The standard InChI is InChI=1S/C30H29F2NO4/c1-3-37-29(34)15-18-8-11-28(36-2)23(14-18)19-9-10-27(32)21-12-13-33(17-25(19)21)30(35)24-16-22(24)20-6-4-5-7-26(20)31/h4-11,14,22,24H,3,12-13,15-17H2,1-2H3/t22-,24+/m0/s1. The highest BCUT2D eigenvalue weighted by atomic mass is 19.1. The zero-order chi connectivity index (χ0) is 26.1. The van der Waals surface area contributed by atoms with Crippen molar-refractivity contribution in [3.63, 3.8) is 0 Å². The summed E-state index contributed by atoms with van der Waals surface area (Å²) < 4.78 is 39.8. The highest BCUT2D eigenvalue weighted by Crippen LogP contribution is 2.50. The lowest BCUT2D eigenvalue weighted by molar-refractivity contribution is -0.142. The van der Waals surface area contributed by atoms with Gasteiger partial charge in [0.2, 0.25) is 5.91 Å². The highest BCUT2D eigenvalue weighted by Gasteiger charge is 2.47. The van der Waals surface area contributed by atoms with Crippen LogP contribution < -0.4 is 4.74 Å². The molecule has 5 rings (SSSR count). The van der Waals surface area contributed by atoms with Gasteiger partial charge in [-0.15, -0.1) is 0 Å². The van der Waals surface area contributed by atoms with E-state index in [4.69, 9.17) is 9.47 Å². The quantitative estimate of drug-likeness (QED) is 0.402. The van der Waals surface area contributed by atoms with Gasteiger partial charge in [0.15, 0.2) is 0 Å². The molecular formula is C30H29F2NO4. The van der Waals surface area contributed by atoms with E-state index in [2.05, 4.69) is 0 Å². The van der Waals surface area contributed by atoms with Gasteiger partial charge in [0, 0.05) is 24.6 Å². The molecule has 3 aromatic carbocycles. The fourth-order valence-electron chi connectivity index (χ4n) is 5.35. The first-order valence-corrected chi connectivity index (χ1v) is 12.6. The van der Waals surface area contributed by atoms with Gasteiger partial charge in [0.25, 0.3) is 0 Å². The molecule has 1 saturated carbocycles. The molecule has 1 amide bonds. The Balaban J connectivity index is 1.44. The van der Waals surface area contributed by atoms with Crippen LogP contribution in [0.3, 0.4) is 0 Å². The normalized spacial score (nSPS) is 18.2. The van der Waals surface area contributed by atoms with Gasteiger partial charge < -0.3 is 14.4 Å². The minimum atomic E-state index is -0.328. The Kier molecular flexibility index (Phi) is 6.96. The monoisotopic (exact) mass is 505 g/mol. The summed E-state index contributed by atoms with van der Waals surface area (Å²) in [7, 11) is 1.56. The zero-order valence-corrected chi connectivity index (χ0v) is 20.9. The van der Waals surface area contributed by atoms with Crippen LogP contribution in [0.5, 0.6) is 5.75 Å². The molecule has 5 nitrogen and oxygen atoms in total. The third-order valence-electron chi connectivity index (χ3n) is 7.29. The van der Waals surface area contributed by atoms with Crippen molar-refractivity contribution in [2.24, 2.45) is 5.92 Å². The smallest absolute Gasteiger partial charge is 0.310 e. The van der Waals surface area contributed by atoms with Crippen molar-refractivity contribution in [3.8, 4) is 16.9 Å². The van der Waals surface area contributed by atoms with Gasteiger partial charge in [-0.25, -0.2) is 8.78 Å². The Bertz CT molecular complexity index is 1360. The first-order chi connectivity index (χ1) is 17.9. The van der Waals surface area contributed by atoms with Gasteiger partial charge in [0.05, 0.1) is 20.1 Å². The number of hydrogen-bond donors (Lipinski definition) is 0. The van der Waals surface area contributed by atoms with E-state index in [1.807, 2.05) is 6.07 Å². The lowest BCUT2D eigenvalue weighted by Gasteiger charge is -2.31. The van der Waals surface area contributed by atoms with E-state index >= 15 is 0 Å². The maximum absolute atomic E-state index is 14.9. The van der Waals surface area contributed by atoms with Crippen LogP contribution in [-0.4, -0.2) is 37.0 Å². The van der Waals surface area contributed by atoms with Crippen LogP contribution in [0.25, 0.3) is 11.1 Å². The van der Waals surface area contributed by atoms with Crippen molar-refractivity contribution in [2.75, 3.05) is 20.3 Å². The molecule has 0 unspecified atom stereocenters. The molecule has 7 heteroatoms. The molecule has 0 aromatic heterocycles. The number of amides is 1. The summed E-state index contributed by atoms with van der Waals surface area (Å²) in [6, 6.07) is 15.2. The van der Waals surface area contributed by atoms with Gasteiger partial charge >= 0.3 is 5.97 Å². The Hall–Kier alpha value is -3.74. The summed E-state index contributed by atoms with van der Waals surface area (Å²) in [6.07, 6.45) is 1.11. The number of halogens is 2. The topological polar surface area (TPSA) is 55.8 Å². The van der Waals surface area contributed by atoms with E-state index in [9.17, 15) is 18.4 Å². The molecule has 2 atom stereocenters. The number of fused-ring (bicyclic) bond motifs is 1. The molecule has 1 fully saturated rings. The van der Waals surface area contributed by atoms with Crippen LogP contribution >= 0.6 is 0 Å². The predicted octanol–water partition coefficient (Wildman–Crippen LogP) is 5.43. The first kappa shape index (κ1) is 24.9. The van der Waals surface area contributed by atoms with E-state index in [1.165, 1.54) is 12.1 Å². The van der Waals surface area contributed by atoms with E-state index < -0.39 is 0 Å². The summed E-state index contributed by atoms with van der Waals surface area (Å²) >= 11 is 0. The Morgan fingerprint density at radius 2 is 1.81 bits per heavy atom. The van der Waals surface area contributed by atoms with Crippen LogP contribution in [0.2, 0.25) is 0 Å². The molecule has 0 radical (unpaired) electrons. The molecular weight excluding hydrogens is 476 g/mol. The maximum atomic E-state index is 14.9. The van der Waals surface area contributed by atoms with Crippen molar-refractivity contribution in [2.45, 2.75) is 38.6 Å². The third-order valence-corrected chi connectivity index (χ3v) is 7.29. The third kappa shape index (κ3) is 4.95. The molecule has 1 heterocycles. The SMILES string of the molecule is CCOC(=O)Cc1ccc(OC)c(-c2ccc(F)c3c2CN(C(=O)[C@@H]2C[C@H]2c2ccccc2F)CC3)c1. The molecule has 0 spiro atoms. The van der Waals surface area contributed by atoms with Gasteiger partial charge in [-0.2, -0.15) is 0 Å². The van der Waals surface area contributed by atoms with E-state index in [0.717, 1.165) is 22.3 Å². The van der Waals surface area contributed by atoms with Crippen LogP contribution in [-0.2, 0) is 33.7 Å². The number of carbonyl (C=O) groups is 2. The van der Waals surface area contributed by atoms with E-state index in [-0.39, 0.29) is 48.3 Å². The summed E-state index contributed by atoms with van der Waals surface area (Å²) in [4.78, 5) is 27.2. The number of rotatable bonds is 7. The van der Waals surface area contributed by atoms with E-state index in [0.29, 0.717) is 42.9 Å². The second-order valence-corrected chi connectivity index (χ2v) is 9.55. The summed E-state index contributed by atoms with van der Waals surface area (Å²) in [5.41, 5.74) is 4.13. The molecule has 37 heavy (non-hydrogen) atoms. The molecule has 3 aromatic rings. The lowest BCUT2D eigenvalue weighted by Crippen LogP contribution is -2.37. The number of benzene rings is 3. The summed E-state index contributed by atoms with van der Waals surface area (Å²) in [6.45, 7) is 2.73. The van der Waals surface area contributed by atoms with Crippen molar-refractivity contribution in [1.29, 1.82) is 0 Å². The predicted molar refractivity (Wildman–Crippen MR) is 135 cm³/mol. The summed E-state index contributed by atoms with van der Waals surface area (Å²) in [5.74, 6) is -0.747. The first-order valence-electron chi connectivity index (χ1n) is 12.6. The molecule has 0 saturated heterocycles. The van der Waals surface area contributed by atoms with Crippen LogP contribution in [0.4, 0.5) is 8.78 Å². The van der Waals surface area contributed by atoms with Gasteiger partial charge in [-0.1, -0.05) is 30.3 Å². The zero-order valence-electron chi connectivity index (χ0n) is 20.9. The molecule has 1 aliphatic heterocycles. The number of methoxy groups -OCH3 is 1. The van der Waals surface area contributed by atoms with Crippen LogP contribution in [0.1, 0.15) is 41.5 Å². The second-order valence-electron chi connectivity index (χ2n) is 9.55. The van der Waals surface area contributed by atoms with Crippen molar-refractivity contribution < 1.29 is 27.8 Å². The van der Waals surface area contributed by atoms with E-state index in [1.54, 1.807) is 55.3 Å². The van der Waals surface area contributed by atoms with Crippen molar-refractivity contribution in [3.05, 3.63) is 88.5 Å². The van der Waals surface area contributed by atoms with Crippen molar-refractivity contribution >= 4 is 11.9 Å². The Labute approximate surface area is 215 Å². The number of hydrogen-bond acceptors (Lipinski definition) is 4. The molecule has 0 bridgehead atoms. The number of carbonyl (C=O) groups excluding carboxylic acids is 2. The maximum Gasteiger partial charge on any atom is 0.310 e. The van der Waals surface area contributed by atoms with Crippen molar-refractivity contribution in [1.82, 2.24) is 4.90 Å². The fourth-order valence-corrected chi connectivity index (χ4v) is 5.35. The average molecular weight is 506 g/mol. The largest absolute Gasteiger partial charge is 0.496 e. The highest BCUT2D eigenvalue weighted by molar-refractivity contribution is 5.84. The Morgan fingerprint density at radius 3 is 2.57 bits per heavy atom. The minimum Gasteiger partial charge on any atom is -0.496 e. The number of nitrogens with zero attached hydrogens (tertiary/aromatic N) is 1. The fraction of sp³-hybridized carbons (Fsp3) is 0.333. The second kappa shape index (κ2) is 10.3. The van der Waals surface area contributed by atoms with Crippen LogP contribution in [0, 0.1) is 17.6 Å². The van der Waals surface area contributed by atoms with Gasteiger partial charge in [-0.05, 0) is 77.8 Å². The average Bonchev–Trinajstić information content (AvgIpc) is 3.69. The minimum absolute atomic E-state index is 0.0304. The number of ether oxygens (including phenoxy) is 2. The lowest BCUT2D eigenvalue weighted by atomic mass is 9.89. The van der Waals surface area contributed by atoms with Gasteiger partial charge in [0.1, 0.15) is 17.4 Å². The van der Waals surface area contributed by atoms with Gasteiger partial charge in [-0.3, -0.25) is 9.59 Å². The van der Waals surface area contributed by atoms with Crippen LogP contribution in [0.15, 0.2) is 54.6 Å². The Morgan fingerprint density at radius 1 is 1.00 bits per heavy atom.